The van der Waals surface area contributed by atoms with Crippen LogP contribution in [-0.2, 0) is 0 Å². The lowest BCUT2D eigenvalue weighted by molar-refractivity contribution is 0.0741. The molecule has 1 amide bonds. The van der Waals surface area contributed by atoms with Crippen molar-refractivity contribution in [2.24, 2.45) is 0 Å². The highest BCUT2D eigenvalue weighted by Gasteiger charge is 2.18. The fraction of sp³-hybridized carbons (Fsp3) is 0.500. The lowest BCUT2D eigenvalue weighted by Gasteiger charge is -2.25. The third-order valence-corrected chi connectivity index (χ3v) is 4.29. The second kappa shape index (κ2) is 6.62. The predicted molar refractivity (Wildman–Crippen MR) is 80.4 cm³/mol. The van der Waals surface area contributed by atoms with Crippen molar-refractivity contribution >= 4 is 34.5 Å². The topological polar surface area (TPSA) is 20.3 Å². The maximum absolute atomic E-state index is 12.5. The first-order valence-corrected chi connectivity index (χ1v) is 7.70. The number of carbonyl (C=O) groups excluding carboxylic acids is 1. The summed E-state index contributed by atoms with van der Waals surface area (Å²) in [5, 5.41) is 0. The van der Waals surface area contributed by atoms with Crippen molar-refractivity contribution in [1.29, 1.82) is 0 Å². The third kappa shape index (κ3) is 3.51. The zero-order chi connectivity index (χ0) is 13.0. The maximum Gasteiger partial charge on any atom is 0.255 e. The van der Waals surface area contributed by atoms with Gasteiger partial charge in [0, 0.05) is 22.5 Å². The van der Waals surface area contributed by atoms with Crippen molar-refractivity contribution in [2.75, 3.05) is 13.1 Å². The number of likely N-dealkylation sites (tertiary alicyclic amines) is 1. The molecule has 2 rings (SSSR count). The fourth-order valence-corrected chi connectivity index (χ4v) is 2.92. The summed E-state index contributed by atoms with van der Waals surface area (Å²) in [4.78, 5) is 15.3. The van der Waals surface area contributed by atoms with E-state index in [0.717, 1.165) is 40.9 Å². The Kier molecular flexibility index (Phi) is 5.13. The molecule has 0 bridgehead atoms. The molecule has 0 radical (unpaired) electrons. The molecule has 0 aromatic heterocycles. The molecule has 18 heavy (non-hydrogen) atoms. The molecule has 1 aliphatic heterocycles. The van der Waals surface area contributed by atoms with Crippen molar-refractivity contribution in [3.05, 3.63) is 28.2 Å². The molecule has 1 aromatic carbocycles. The van der Waals surface area contributed by atoms with E-state index in [-0.39, 0.29) is 5.91 Å². The number of benzene rings is 1. The monoisotopic (exact) mass is 327 g/mol. The van der Waals surface area contributed by atoms with Crippen LogP contribution >= 0.6 is 28.6 Å². The first-order chi connectivity index (χ1) is 8.68. The van der Waals surface area contributed by atoms with Gasteiger partial charge in [-0.3, -0.25) is 4.79 Å². The number of thiol groups is 1. The molecular formula is C14H18BrNOS. The van der Waals surface area contributed by atoms with E-state index in [1.165, 1.54) is 19.3 Å². The average molecular weight is 328 g/mol. The first-order valence-electron chi connectivity index (χ1n) is 6.46. The Bertz CT molecular complexity index is 428. The van der Waals surface area contributed by atoms with E-state index in [4.69, 9.17) is 0 Å². The van der Waals surface area contributed by atoms with Crippen molar-refractivity contribution in [3.8, 4) is 0 Å². The van der Waals surface area contributed by atoms with E-state index in [9.17, 15) is 4.79 Å². The van der Waals surface area contributed by atoms with E-state index in [1.54, 1.807) is 0 Å². The largest absolute Gasteiger partial charge is 0.339 e. The van der Waals surface area contributed by atoms with Gasteiger partial charge in [-0.2, -0.15) is 0 Å². The molecule has 0 aliphatic carbocycles. The molecule has 4 heteroatoms. The molecule has 0 spiro atoms. The van der Waals surface area contributed by atoms with Crippen LogP contribution in [0.15, 0.2) is 27.6 Å². The number of rotatable bonds is 1. The molecule has 1 aliphatic rings. The zero-order valence-corrected chi connectivity index (χ0v) is 12.8. The average Bonchev–Trinajstić information content (AvgIpc) is 2.31. The Hall–Kier alpha value is -0.480. The number of amides is 1. The van der Waals surface area contributed by atoms with Gasteiger partial charge in [-0.1, -0.05) is 19.3 Å². The highest BCUT2D eigenvalue weighted by molar-refractivity contribution is 9.10. The number of nitrogens with zero attached hydrogens (tertiary/aromatic N) is 1. The predicted octanol–water partition coefficient (Wildman–Crippen LogP) is 4.14. The molecule has 0 saturated carbocycles. The number of halogens is 1. The van der Waals surface area contributed by atoms with Gasteiger partial charge in [-0.25, -0.2) is 0 Å². The van der Waals surface area contributed by atoms with E-state index in [1.807, 2.05) is 23.1 Å². The summed E-state index contributed by atoms with van der Waals surface area (Å²) in [6.07, 6.45) is 6.00. The Morgan fingerprint density at radius 3 is 2.39 bits per heavy atom. The van der Waals surface area contributed by atoms with Gasteiger partial charge in [0.1, 0.15) is 0 Å². The minimum absolute atomic E-state index is 0.125. The van der Waals surface area contributed by atoms with Crippen molar-refractivity contribution < 1.29 is 4.79 Å². The van der Waals surface area contributed by atoms with Crippen LogP contribution in [0.5, 0.6) is 0 Å². The van der Waals surface area contributed by atoms with E-state index in [2.05, 4.69) is 28.6 Å². The smallest absolute Gasteiger partial charge is 0.255 e. The van der Waals surface area contributed by atoms with Gasteiger partial charge in [0.25, 0.3) is 5.91 Å². The number of hydrogen-bond acceptors (Lipinski definition) is 2. The Balaban J connectivity index is 2.15. The quantitative estimate of drug-likeness (QED) is 0.768. The maximum atomic E-state index is 12.5. The van der Waals surface area contributed by atoms with E-state index in [0.29, 0.717) is 0 Å². The van der Waals surface area contributed by atoms with Crippen molar-refractivity contribution in [3.63, 3.8) is 0 Å². The first kappa shape index (κ1) is 13.9. The summed E-state index contributed by atoms with van der Waals surface area (Å²) >= 11 is 7.76. The van der Waals surface area contributed by atoms with Gasteiger partial charge >= 0.3 is 0 Å². The minimum atomic E-state index is 0.125. The Labute approximate surface area is 122 Å². The van der Waals surface area contributed by atoms with Crippen molar-refractivity contribution in [2.45, 2.75) is 37.0 Å². The molecule has 1 saturated heterocycles. The molecular weight excluding hydrogens is 310 g/mol. The van der Waals surface area contributed by atoms with E-state index >= 15 is 0 Å². The molecule has 98 valence electrons. The van der Waals surface area contributed by atoms with Gasteiger partial charge < -0.3 is 4.90 Å². The molecule has 0 atom stereocenters. The molecule has 0 N–H and O–H groups in total. The normalized spacial score (nSPS) is 17.1. The standard InChI is InChI=1S/C14H18BrNOS/c15-13-7-6-11(18)10-12(13)14(17)16-8-4-2-1-3-5-9-16/h6-7,10,18H,1-5,8-9H2. The molecule has 1 heterocycles. The molecule has 1 fully saturated rings. The van der Waals surface area contributed by atoms with Crippen molar-refractivity contribution in [1.82, 2.24) is 4.90 Å². The van der Waals surface area contributed by atoms with Gasteiger partial charge in [0.2, 0.25) is 0 Å². The van der Waals surface area contributed by atoms with Crippen LogP contribution < -0.4 is 0 Å². The minimum Gasteiger partial charge on any atom is -0.339 e. The van der Waals surface area contributed by atoms with Gasteiger partial charge in [0.15, 0.2) is 0 Å². The summed E-state index contributed by atoms with van der Waals surface area (Å²) < 4.78 is 0.854. The highest BCUT2D eigenvalue weighted by atomic mass is 79.9. The number of carbonyl (C=O) groups is 1. The molecule has 1 aromatic rings. The second-order valence-electron chi connectivity index (χ2n) is 4.72. The number of hydrogen-bond donors (Lipinski definition) is 1. The zero-order valence-electron chi connectivity index (χ0n) is 10.4. The van der Waals surface area contributed by atoms with Crippen LogP contribution in [0.25, 0.3) is 0 Å². The van der Waals surface area contributed by atoms with Crippen LogP contribution in [-0.4, -0.2) is 23.9 Å². The molecule has 2 nitrogen and oxygen atoms in total. The van der Waals surface area contributed by atoms with Crippen LogP contribution in [0, 0.1) is 0 Å². The fourth-order valence-electron chi connectivity index (χ4n) is 2.30. The van der Waals surface area contributed by atoms with Gasteiger partial charge in [0.05, 0.1) is 5.56 Å². The SMILES string of the molecule is O=C(c1cc(S)ccc1Br)N1CCCCCCC1. The molecule has 0 unspecified atom stereocenters. The van der Waals surface area contributed by atoms with Crippen LogP contribution in [0.1, 0.15) is 42.5 Å². The van der Waals surface area contributed by atoms with Crippen LogP contribution in [0.3, 0.4) is 0 Å². The Morgan fingerprint density at radius 1 is 1.11 bits per heavy atom. The summed E-state index contributed by atoms with van der Waals surface area (Å²) in [6.45, 7) is 1.75. The lowest BCUT2D eigenvalue weighted by Crippen LogP contribution is -2.34. The van der Waals surface area contributed by atoms with E-state index < -0.39 is 0 Å². The Morgan fingerprint density at radius 2 is 1.72 bits per heavy atom. The second-order valence-corrected chi connectivity index (χ2v) is 6.09. The third-order valence-electron chi connectivity index (χ3n) is 3.32. The summed E-state index contributed by atoms with van der Waals surface area (Å²) in [5.74, 6) is 0.125. The van der Waals surface area contributed by atoms with Gasteiger partial charge in [-0.15, -0.1) is 12.6 Å². The van der Waals surface area contributed by atoms with Gasteiger partial charge in [-0.05, 0) is 47.0 Å². The summed E-state index contributed by atoms with van der Waals surface area (Å²) in [7, 11) is 0. The van der Waals surface area contributed by atoms with Crippen LogP contribution in [0.4, 0.5) is 0 Å². The lowest BCUT2D eigenvalue weighted by atomic mass is 10.1. The highest BCUT2D eigenvalue weighted by Crippen LogP contribution is 2.23. The summed E-state index contributed by atoms with van der Waals surface area (Å²) in [6, 6.07) is 5.62. The van der Waals surface area contributed by atoms with Crippen LogP contribution in [0.2, 0.25) is 0 Å². The summed E-state index contributed by atoms with van der Waals surface area (Å²) in [5.41, 5.74) is 0.725.